The van der Waals surface area contributed by atoms with E-state index in [1.807, 2.05) is 0 Å². The Balaban J connectivity index is 2.85. The van der Waals surface area contributed by atoms with Gasteiger partial charge in [0.05, 0.1) is 6.61 Å². The molecule has 0 aliphatic heterocycles. The molecule has 0 amide bonds. The number of thiol groups is 1. The van der Waals surface area contributed by atoms with Gasteiger partial charge in [-0.25, -0.2) is 9.78 Å². The molecule has 0 aromatic heterocycles. The molecule has 0 unspecified atom stereocenters. The zero-order valence-corrected chi connectivity index (χ0v) is 12.1. The SMILES string of the molecule is CCCCCCCCCCOCOOCCS. The van der Waals surface area contributed by atoms with Gasteiger partial charge in [0, 0.05) is 12.4 Å². The third-order valence-electron chi connectivity index (χ3n) is 2.53. The molecule has 0 spiro atoms. The fourth-order valence-electron chi connectivity index (χ4n) is 1.56. The summed E-state index contributed by atoms with van der Waals surface area (Å²) in [6.07, 6.45) is 10.5. The molecular weight excluding hydrogens is 236 g/mol. The summed E-state index contributed by atoms with van der Waals surface area (Å²) in [5.41, 5.74) is 0. The molecule has 0 heterocycles. The Hall–Kier alpha value is 0.230. The molecule has 4 heteroatoms. The fourth-order valence-corrected chi connectivity index (χ4v) is 1.64. The molecule has 0 fully saturated rings. The molecule has 0 N–H and O–H groups in total. The topological polar surface area (TPSA) is 27.7 Å². The lowest BCUT2D eigenvalue weighted by atomic mass is 10.1. The van der Waals surface area contributed by atoms with Gasteiger partial charge in [0.1, 0.15) is 0 Å². The lowest BCUT2D eigenvalue weighted by molar-refractivity contribution is -0.333. The summed E-state index contributed by atoms with van der Waals surface area (Å²) in [7, 11) is 0. The Morgan fingerprint density at radius 2 is 1.41 bits per heavy atom. The average molecular weight is 264 g/mol. The highest BCUT2D eigenvalue weighted by Crippen LogP contribution is 2.08. The second-order valence-electron chi connectivity index (χ2n) is 4.16. The number of ether oxygens (including phenoxy) is 1. The number of unbranched alkanes of at least 4 members (excludes halogenated alkanes) is 7. The zero-order chi connectivity index (χ0) is 12.6. The highest BCUT2D eigenvalue weighted by molar-refractivity contribution is 7.80. The molecule has 3 nitrogen and oxygen atoms in total. The molecule has 0 aromatic carbocycles. The van der Waals surface area contributed by atoms with Crippen LogP contribution in [0.25, 0.3) is 0 Å². The second kappa shape index (κ2) is 16.2. The quantitative estimate of drug-likeness (QED) is 0.169. The van der Waals surface area contributed by atoms with Crippen molar-refractivity contribution >= 4 is 12.6 Å². The number of rotatable bonds is 14. The second-order valence-corrected chi connectivity index (χ2v) is 4.61. The molecule has 0 aliphatic carbocycles. The minimum Gasteiger partial charge on any atom is -0.352 e. The van der Waals surface area contributed by atoms with Crippen molar-refractivity contribution in [3.8, 4) is 0 Å². The molecule has 0 saturated carbocycles. The normalized spacial score (nSPS) is 10.9. The van der Waals surface area contributed by atoms with Crippen LogP contribution in [0.5, 0.6) is 0 Å². The van der Waals surface area contributed by atoms with Crippen molar-refractivity contribution in [3.05, 3.63) is 0 Å². The first-order valence-corrected chi connectivity index (χ1v) is 7.48. The van der Waals surface area contributed by atoms with Crippen molar-refractivity contribution < 1.29 is 14.5 Å². The van der Waals surface area contributed by atoms with E-state index in [-0.39, 0.29) is 6.79 Å². The van der Waals surface area contributed by atoms with E-state index < -0.39 is 0 Å². The number of hydrogen-bond acceptors (Lipinski definition) is 4. The maximum absolute atomic E-state index is 5.25. The summed E-state index contributed by atoms with van der Waals surface area (Å²) in [5, 5.41) is 0. The van der Waals surface area contributed by atoms with Gasteiger partial charge in [0.2, 0.25) is 0 Å². The van der Waals surface area contributed by atoms with E-state index >= 15 is 0 Å². The van der Waals surface area contributed by atoms with Crippen LogP contribution in [0.2, 0.25) is 0 Å². The van der Waals surface area contributed by atoms with Gasteiger partial charge in [0.15, 0.2) is 6.79 Å². The molecule has 0 rings (SSSR count). The molecule has 0 radical (unpaired) electrons. The number of hydrogen-bond donors (Lipinski definition) is 1. The van der Waals surface area contributed by atoms with Crippen molar-refractivity contribution in [1.29, 1.82) is 0 Å². The lowest BCUT2D eigenvalue weighted by Crippen LogP contribution is -2.04. The van der Waals surface area contributed by atoms with E-state index in [2.05, 4.69) is 19.6 Å². The van der Waals surface area contributed by atoms with Crippen LogP contribution >= 0.6 is 12.6 Å². The third kappa shape index (κ3) is 16.2. The van der Waals surface area contributed by atoms with Gasteiger partial charge < -0.3 is 4.74 Å². The van der Waals surface area contributed by atoms with Crippen molar-refractivity contribution in [2.24, 2.45) is 0 Å². The van der Waals surface area contributed by atoms with E-state index in [0.717, 1.165) is 13.0 Å². The smallest absolute Gasteiger partial charge is 0.180 e. The minimum atomic E-state index is 0.226. The first-order chi connectivity index (χ1) is 8.41. The van der Waals surface area contributed by atoms with Gasteiger partial charge in [-0.3, -0.25) is 0 Å². The first kappa shape index (κ1) is 17.2. The van der Waals surface area contributed by atoms with Crippen molar-refractivity contribution in [2.45, 2.75) is 58.3 Å². The van der Waals surface area contributed by atoms with Gasteiger partial charge in [0.25, 0.3) is 0 Å². The summed E-state index contributed by atoms with van der Waals surface area (Å²) < 4.78 is 5.25. The summed E-state index contributed by atoms with van der Waals surface area (Å²) in [5.74, 6) is 0.665. The van der Waals surface area contributed by atoms with Gasteiger partial charge in [-0.1, -0.05) is 51.9 Å². The van der Waals surface area contributed by atoms with E-state index in [4.69, 9.17) is 14.5 Å². The van der Waals surface area contributed by atoms with Gasteiger partial charge >= 0.3 is 0 Å². The predicted molar refractivity (Wildman–Crippen MR) is 74.3 cm³/mol. The molecule has 0 aromatic rings. The zero-order valence-electron chi connectivity index (χ0n) is 11.2. The van der Waals surface area contributed by atoms with Crippen molar-refractivity contribution in [3.63, 3.8) is 0 Å². The van der Waals surface area contributed by atoms with Gasteiger partial charge in [-0.2, -0.15) is 12.6 Å². The predicted octanol–water partition coefficient (Wildman–Crippen LogP) is 3.98. The van der Waals surface area contributed by atoms with E-state index in [1.54, 1.807) is 0 Å². The lowest BCUT2D eigenvalue weighted by Gasteiger charge is -2.04. The molecule has 0 saturated heterocycles. The Morgan fingerprint density at radius 1 is 0.765 bits per heavy atom. The van der Waals surface area contributed by atoms with E-state index in [0.29, 0.717) is 12.4 Å². The maximum Gasteiger partial charge on any atom is 0.180 e. The van der Waals surface area contributed by atoms with Crippen LogP contribution < -0.4 is 0 Å². The molecule has 0 aliphatic rings. The summed E-state index contributed by atoms with van der Waals surface area (Å²) in [6.45, 7) is 3.74. The van der Waals surface area contributed by atoms with E-state index in [1.165, 1.54) is 44.9 Å². The van der Waals surface area contributed by atoms with Crippen molar-refractivity contribution in [1.82, 2.24) is 0 Å². The highest BCUT2D eigenvalue weighted by atomic mass is 32.1. The van der Waals surface area contributed by atoms with E-state index in [9.17, 15) is 0 Å². The van der Waals surface area contributed by atoms with Gasteiger partial charge in [-0.15, -0.1) is 0 Å². The summed E-state index contributed by atoms with van der Waals surface area (Å²) in [4.78, 5) is 9.54. The highest BCUT2D eigenvalue weighted by Gasteiger charge is 1.92. The van der Waals surface area contributed by atoms with Crippen molar-refractivity contribution in [2.75, 3.05) is 25.8 Å². The third-order valence-corrected chi connectivity index (χ3v) is 2.71. The molecule has 17 heavy (non-hydrogen) atoms. The molecule has 104 valence electrons. The van der Waals surface area contributed by atoms with Crippen LogP contribution in [0.15, 0.2) is 0 Å². The Morgan fingerprint density at radius 3 is 2.06 bits per heavy atom. The maximum atomic E-state index is 5.25. The van der Waals surface area contributed by atoms with Crippen LogP contribution in [0, 0.1) is 0 Å². The standard InChI is InChI=1S/C13H28O3S/c1-2-3-4-5-6-7-8-9-10-14-13-16-15-11-12-17/h17H,2-13H2,1H3. The molecule has 0 atom stereocenters. The Labute approximate surface area is 112 Å². The van der Waals surface area contributed by atoms with Crippen LogP contribution in [0.1, 0.15) is 58.3 Å². The minimum absolute atomic E-state index is 0.226. The Kier molecular flexibility index (Phi) is 16.4. The summed E-state index contributed by atoms with van der Waals surface area (Å²) >= 11 is 3.99. The van der Waals surface area contributed by atoms with Crippen LogP contribution in [-0.4, -0.2) is 25.8 Å². The van der Waals surface area contributed by atoms with Crippen LogP contribution in [0.3, 0.4) is 0 Å². The average Bonchev–Trinajstić information content (AvgIpc) is 2.35. The Bertz CT molecular complexity index is 120. The monoisotopic (exact) mass is 264 g/mol. The molecular formula is C13H28O3S. The largest absolute Gasteiger partial charge is 0.352 e. The van der Waals surface area contributed by atoms with Crippen LogP contribution in [0.4, 0.5) is 0 Å². The first-order valence-electron chi connectivity index (χ1n) is 6.84. The van der Waals surface area contributed by atoms with Gasteiger partial charge in [-0.05, 0) is 6.42 Å². The molecule has 0 bridgehead atoms. The fraction of sp³-hybridized carbons (Fsp3) is 1.00. The van der Waals surface area contributed by atoms with Crippen LogP contribution in [-0.2, 0) is 14.5 Å². The summed E-state index contributed by atoms with van der Waals surface area (Å²) in [6, 6.07) is 0.